The number of rotatable bonds is 0. The summed E-state index contributed by atoms with van der Waals surface area (Å²) < 4.78 is 5.84. The predicted octanol–water partition coefficient (Wildman–Crippen LogP) is -0.777. The van der Waals surface area contributed by atoms with Crippen molar-refractivity contribution < 1.29 is 4.52 Å². The monoisotopic (exact) mass is 152 g/mol. The molecule has 1 aliphatic heterocycles. The van der Waals surface area contributed by atoms with Gasteiger partial charge in [-0.2, -0.15) is 9.72 Å². The second kappa shape index (κ2) is 1.91. The van der Waals surface area contributed by atoms with Crippen LogP contribution in [-0.4, -0.2) is 9.72 Å². The SMILES string of the molecule is O=c1nc2n(oc1=O)CC=C2. The maximum atomic E-state index is 10.6. The van der Waals surface area contributed by atoms with Crippen LogP contribution < -0.4 is 11.2 Å². The summed E-state index contributed by atoms with van der Waals surface area (Å²) in [5.74, 6) is 0.398. The van der Waals surface area contributed by atoms with Crippen LogP contribution in [0.5, 0.6) is 0 Å². The molecule has 1 aromatic rings. The molecule has 2 rings (SSSR count). The van der Waals surface area contributed by atoms with Crippen LogP contribution in [0.2, 0.25) is 0 Å². The summed E-state index contributed by atoms with van der Waals surface area (Å²) in [6.45, 7) is 0.470. The van der Waals surface area contributed by atoms with Crippen molar-refractivity contribution in [3.05, 3.63) is 32.7 Å². The largest absolute Gasteiger partial charge is 0.423 e. The van der Waals surface area contributed by atoms with E-state index >= 15 is 0 Å². The molecule has 5 nitrogen and oxygen atoms in total. The Bertz CT molecular complexity index is 426. The van der Waals surface area contributed by atoms with E-state index in [1.165, 1.54) is 4.74 Å². The van der Waals surface area contributed by atoms with Gasteiger partial charge in [-0.05, 0) is 6.08 Å². The van der Waals surface area contributed by atoms with Gasteiger partial charge in [0.2, 0.25) is 0 Å². The molecular weight excluding hydrogens is 148 g/mol. The van der Waals surface area contributed by atoms with Gasteiger partial charge >= 0.3 is 11.2 Å². The molecule has 0 fully saturated rings. The normalized spacial score (nSPS) is 13.5. The molecule has 1 aliphatic rings. The Kier molecular flexibility index (Phi) is 1.06. The predicted molar refractivity (Wildman–Crippen MR) is 36.1 cm³/mol. The smallest absolute Gasteiger partial charge is 0.329 e. The van der Waals surface area contributed by atoms with Gasteiger partial charge in [-0.3, -0.25) is 4.79 Å². The third-order valence-corrected chi connectivity index (χ3v) is 1.38. The quantitative estimate of drug-likeness (QED) is 0.457. The van der Waals surface area contributed by atoms with E-state index in [9.17, 15) is 9.59 Å². The van der Waals surface area contributed by atoms with Gasteiger partial charge in [0.1, 0.15) is 0 Å². The van der Waals surface area contributed by atoms with Crippen LogP contribution in [0.4, 0.5) is 0 Å². The van der Waals surface area contributed by atoms with Crippen molar-refractivity contribution in [2.75, 3.05) is 0 Å². The van der Waals surface area contributed by atoms with Crippen molar-refractivity contribution in [3.8, 4) is 0 Å². The van der Waals surface area contributed by atoms with E-state index in [-0.39, 0.29) is 0 Å². The zero-order chi connectivity index (χ0) is 7.84. The fraction of sp³-hybridized carbons (Fsp3) is 0.167. The maximum absolute atomic E-state index is 10.6. The molecule has 11 heavy (non-hydrogen) atoms. The Balaban J connectivity index is 2.82. The number of fused-ring (bicyclic) bond motifs is 1. The summed E-state index contributed by atoms with van der Waals surface area (Å²) in [7, 11) is 0. The van der Waals surface area contributed by atoms with Crippen molar-refractivity contribution in [1.29, 1.82) is 0 Å². The third-order valence-electron chi connectivity index (χ3n) is 1.38. The maximum Gasteiger partial charge on any atom is 0.423 e. The van der Waals surface area contributed by atoms with Crippen molar-refractivity contribution in [2.24, 2.45) is 0 Å². The number of nitrogens with zero attached hydrogens (tertiary/aromatic N) is 2. The summed E-state index contributed by atoms with van der Waals surface area (Å²) in [5.41, 5.74) is -1.76. The summed E-state index contributed by atoms with van der Waals surface area (Å²) in [5, 5.41) is 0. The molecule has 0 aromatic carbocycles. The van der Waals surface area contributed by atoms with Crippen LogP contribution in [0, 0.1) is 0 Å². The lowest BCUT2D eigenvalue weighted by Crippen LogP contribution is -2.29. The number of hydrogen-bond donors (Lipinski definition) is 0. The average molecular weight is 152 g/mol. The van der Waals surface area contributed by atoms with Crippen LogP contribution in [0.3, 0.4) is 0 Å². The molecule has 0 radical (unpaired) electrons. The Morgan fingerprint density at radius 1 is 1.55 bits per heavy atom. The molecule has 0 aliphatic carbocycles. The van der Waals surface area contributed by atoms with E-state index in [1.54, 1.807) is 12.2 Å². The second-order valence-electron chi connectivity index (χ2n) is 2.12. The van der Waals surface area contributed by atoms with Gasteiger partial charge in [0, 0.05) is 0 Å². The molecule has 1 aromatic heterocycles. The Morgan fingerprint density at radius 2 is 2.36 bits per heavy atom. The minimum atomic E-state index is -0.919. The number of allylic oxidation sites excluding steroid dienone is 1. The highest BCUT2D eigenvalue weighted by Crippen LogP contribution is 2.02. The van der Waals surface area contributed by atoms with Gasteiger partial charge in [-0.15, -0.1) is 0 Å². The van der Waals surface area contributed by atoms with E-state index in [0.717, 1.165) is 0 Å². The van der Waals surface area contributed by atoms with E-state index in [0.29, 0.717) is 12.4 Å². The fourth-order valence-electron chi connectivity index (χ4n) is 0.896. The zero-order valence-electron chi connectivity index (χ0n) is 5.48. The average Bonchev–Trinajstić information content (AvgIpc) is 2.36. The highest BCUT2D eigenvalue weighted by molar-refractivity contribution is 5.42. The van der Waals surface area contributed by atoms with E-state index in [2.05, 4.69) is 9.51 Å². The topological polar surface area (TPSA) is 65.1 Å². The van der Waals surface area contributed by atoms with Gasteiger partial charge in [0.15, 0.2) is 5.82 Å². The van der Waals surface area contributed by atoms with Crippen molar-refractivity contribution >= 4 is 6.08 Å². The molecule has 0 atom stereocenters. The number of hydrogen-bond acceptors (Lipinski definition) is 4. The van der Waals surface area contributed by atoms with Crippen molar-refractivity contribution in [1.82, 2.24) is 9.72 Å². The lowest BCUT2D eigenvalue weighted by atomic mass is 10.5. The number of aromatic nitrogens is 2. The van der Waals surface area contributed by atoms with Crippen LogP contribution in [0.1, 0.15) is 5.82 Å². The standard InChI is InChI=1S/C6H4N2O3/c9-5-6(10)11-8-3-1-2-4(8)7-5/h1-2H,3H2. The van der Waals surface area contributed by atoms with Gasteiger partial charge < -0.3 is 4.52 Å². The molecule has 56 valence electrons. The minimum absolute atomic E-state index is 0.398. The summed E-state index contributed by atoms with van der Waals surface area (Å²) in [6.07, 6.45) is 3.38. The van der Waals surface area contributed by atoms with Crippen molar-refractivity contribution in [3.63, 3.8) is 0 Å². The third kappa shape index (κ3) is 0.813. The lowest BCUT2D eigenvalue weighted by molar-refractivity contribution is 0.240. The Hall–Kier alpha value is -1.65. The second-order valence-corrected chi connectivity index (χ2v) is 2.12. The zero-order valence-corrected chi connectivity index (χ0v) is 5.48. The lowest BCUT2D eigenvalue weighted by Gasteiger charge is -1.95. The minimum Gasteiger partial charge on any atom is -0.329 e. The highest BCUT2D eigenvalue weighted by Gasteiger charge is 2.08. The van der Waals surface area contributed by atoms with Crippen LogP contribution in [0.25, 0.3) is 6.08 Å². The molecule has 0 saturated carbocycles. The molecular formula is C6H4N2O3. The molecule has 2 heterocycles. The molecule has 0 bridgehead atoms. The summed E-state index contributed by atoms with van der Waals surface area (Å²) in [4.78, 5) is 24.7. The van der Waals surface area contributed by atoms with Gasteiger partial charge in [0.25, 0.3) is 0 Å². The molecule has 0 spiro atoms. The van der Waals surface area contributed by atoms with Crippen LogP contribution >= 0.6 is 0 Å². The first-order valence-electron chi connectivity index (χ1n) is 3.06. The van der Waals surface area contributed by atoms with E-state index in [1.807, 2.05) is 0 Å². The first kappa shape index (κ1) is 6.09. The fourth-order valence-corrected chi connectivity index (χ4v) is 0.896. The molecule has 0 saturated heterocycles. The Labute approximate surface area is 60.6 Å². The molecule has 0 unspecified atom stereocenters. The van der Waals surface area contributed by atoms with Crippen LogP contribution in [-0.2, 0) is 6.54 Å². The summed E-state index contributed by atoms with van der Waals surface area (Å²) in [6, 6.07) is 0. The van der Waals surface area contributed by atoms with Crippen LogP contribution in [0.15, 0.2) is 20.2 Å². The van der Waals surface area contributed by atoms with E-state index in [4.69, 9.17) is 0 Å². The van der Waals surface area contributed by atoms with Gasteiger partial charge in [-0.1, -0.05) is 6.08 Å². The molecule has 0 N–H and O–H groups in total. The van der Waals surface area contributed by atoms with Gasteiger partial charge in [0.05, 0.1) is 6.54 Å². The first-order chi connectivity index (χ1) is 5.27. The molecule has 5 heteroatoms. The van der Waals surface area contributed by atoms with E-state index < -0.39 is 11.2 Å². The van der Waals surface area contributed by atoms with Gasteiger partial charge in [-0.25, -0.2) is 4.79 Å². The summed E-state index contributed by atoms with van der Waals surface area (Å²) >= 11 is 0. The first-order valence-corrected chi connectivity index (χ1v) is 3.06. The Morgan fingerprint density at radius 3 is 3.18 bits per heavy atom. The highest BCUT2D eigenvalue weighted by atomic mass is 16.5. The molecule has 0 amide bonds. The van der Waals surface area contributed by atoms with Crippen molar-refractivity contribution in [2.45, 2.75) is 6.54 Å².